The van der Waals surface area contributed by atoms with E-state index in [-0.39, 0.29) is 32.9 Å². The summed E-state index contributed by atoms with van der Waals surface area (Å²) in [7, 11) is 0. The average Bonchev–Trinajstić information content (AvgIpc) is 1.57. The number of hydrogen-bond donors (Lipinski definition) is 0. The first-order chi connectivity index (χ1) is 57.2. The molecule has 18 rings (SSSR count). The minimum absolute atomic E-state index is 0.00134. The quantitative estimate of drug-likeness (QED) is 0.121. The van der Waals surface area contributed by atoms with Gasteiger partial charge < -0.3 is 14.7 Å². The van der Waals surface area contributed by atoms with E-state index in [0.29, 0.717) is 0 Å². The summed E-state index contributed by atoms with van der Waals surface area (Å²) >= 11 is 0. The number of aryl methyl sites for hydroxylation is 3. The van der Waals surface area contributed by atoms with Crippen molar-refractivity contribution in [3.05, 3.63) is 394 Å². The number of hydrogen-bond acceptors (Lipinski definition) is 3. The molecule has 0 unspecified atom stereocenters. The largest absolute Gasteiger partial charge is 0.336 e. The molecule has 0 fully saturated rings. The Balaban J connectivity index is 0.000000134. The maximum atomic E-state index is 2.54. The molecule has 0 radical (unpaired) electrons. The van der Waals surface area contributed by atoms with Gasteiger partial charge in [0.1, 0.15) is 0 Å². The standard InChI is InChI=1S/3C39H39N/c1-26-24-33-30-18-11-13-21-34(30)39(6,7)35(33)25-32(26)31-19-12-14-22-37(31)40(38(3,4)5)36-23-15-20-29(27(36)2)28-16-9-8-10-17-28;1-26-23-34-32-19-11-12-21-35(32)39(6,7)36(34)25-33(26)29-17-13-18-30(24-29)40(38(3,4)5)37-22-14-20-31(27(37)2)28-15-9-8-10-16-28;1-26-24-34-32-16-11-12-18-35(32)39(6,7)36(34)25-33(26)29-20-22-30(23-21-29)40(38(3,4)5)37-19-13-17-31(27(37)2)28-14-9-8-10-15-28/h3*8-25H,1-7H3. The van der Waals surface area contributed by atoms with E-state index in [9.17, 15) is 0 Å². The van der Waals surface area contributed by atoms with Crippen molar-refractivity contribution in [1.29, 1.82) is 0 Å². The number of anilines is 6. The lowest BCUT2D eigenvalue weighted by molar-refractivity contribution is 0.559. The van der Waals surface area contributed by atoms with Crippen molar-refractivity contribution >= 4 is 34.1 Å². The van der Waals surface area contributed by atoms with Gasteiger partial charge in [-0.3, -0.25) is 0 Å². The van der Waals surface area contributed by atoms with Crippen molar-refractivity contribution < 1.29 is 0 Å². The Labute approximate surface area is 716 Å². The number of para-hydroxylation sites is 1. The Morgan fingerprint density at radius 3 is 0.842 bits per heavy atom. The van der Waals surface area contributed by atoms with E-state index in [0.717, 1.165) is 0 Å². The van der Waals surface area contributed by atoms with E-state index in [1.165, 1.54) is 201 Å². The number of rotatable bonds is 12. The van der Waals surface area contributed by atoms with Gasteiger partial charge in [0, 0.05) is 72.5 Å². The first kappa shape index (κ1) is 81.4. The molecule has 600 valence electrons. The zero-order valence-electron chi connectivity index (χ0n) is 74.5. The van der Waals surface area contributed by atoms with E-state index in [1.54, 1.807) is 0 Å². The molecule has 15 aromatic rings. The highest BCUT2D eigenvalue weighted by Crippen LogP contribution is 2.56. The molecule has 3 aliphatic carbocycles. The Bertz CT molecular complexity index is 6370. The predicted octanol–water partition coefficient (Wildman–Crippen LogP) is 32.6. The van der Waals surface area contributed by atoms with Crippen LogP contribution in [0.4, 0.5) is 34.1 Å². The fraction of sp³-hybridized carbons (Fsp3) is 0.231. The maximum absolute atomic E-state index is 2.54. The lowest BCUT2D eigenvalue weighted by atomic mass is 9.81. The molecule has 0 saturated carbocycles. The predicted molar refractivity (Wildman–Crippen MR) is 518 cm³/mol. The molecule has 0 amide bonds. The van der Waals surface area contributed by atoms with Crippen LogP contribution in [0.5, 0.6) is 0 Å². The lowest BCUT2D eigenvalue weighted by Crippen LogP contribution is -2.38. The molecule has 0 spiro atoms. The highest BCUT2D eigenvalue weighted by molar-refractivity contribution is 5.93. The third-order valence-electron chi connectivity index (χ3n) is 26.0. The van der Waals surface area contributed by atoms with Crippen LogP contribution in [0.25, 0.3) is 100 Å². The fourth-order valence-electron chi connectivity index (χ4n) is 20.0. The Morgan fingerprint density at radius 2 is 0.458 bits per heavy atom. The van der Waals surface area contributed by atoms with Gasteiger partial charge in [0.15, 0.2) is 0 Å². The summed E-state index contributed by atoms with van der Waals surface area (Å²) in [6.07, 6.45) is 0. The summed E-state index contributed by atoms with van der Waals surface area (Å²) in [6, 6.07) is 121. The highest BCUT2D eigenvalue weighted by atomic mass is 15.2. The molecule has 3 nitrogen and oxygen atoms in total. The van der Waals surface area contributed by atoms with Gasteiger partial charge in [-0.15, -0.1) is 0 Å². The first-order valence-electron chi connectivity index (χ1n) is 43.1. The van der Waals surface area contributed by atoms with Crippen LogP contribution in [-0.2, 0) is 16.2 Å². The van der Waals surface area contributed by atoms with E-state index in [2.05, 4.69) is 488 Å². The molecule has 0 aromatic heterocycles. The highest BCUT2D eigenvalue weighted by Gasteiger charge is 2.40. The summed E-state index contributed by atoms with van der Waals surface area (Å²) in [5.74, 6) is 0. The van der Waals surface area contributed by atoms with Crippen LogP contribution in [0.15, 0.2) is 328 Å². The molecule has 3 aliphatic rings. The summed E-state index contributed by atoms with van der Waals surface area (Å²) < 4.78 is 0. The average molecular weight is 1570 g/mol. The molecule has 0 bridgehead atoms. The van der Waals surface area contributed by atoms with E-state index >= 15 is 0 Å². The molecule has 0 atom stereocenters. The Kier molecular flexibility index (Phi) is 21.3. The summed E-state index contributed by atoms with van der Waals surface area (Å²) in [5, 5.41) is 0. The van der Waals surface area contributed by atoms with Crippen LogP contribution in [0.2, 0.25) is 0 Å². The van der Waals surface area contributed by atoms with Gasteiger partial charge in [0.25, 0.3) is 0 Å². The molecule has 120 heavy (non-hydrogen) atoms. The van der Waals surface area contributed by atoms with Crippen LogP contribution >= 0.6 is 0 Å². The summed E-state index contributed by atoms with van der Waals surface area (Å²) in [5.41, 5.74) is 46.9. The van der Waals surface area contributed by atoms with Crippen molar-refractivity contribution in [3.8, 4) is 100 Å². The van der Waals surface area contributed by atoms with Crippen LogP contribution in [0.3, 0.4) is 0 Å². The minimum atomic E-state index is -0.143. The second-order valence-electron chi connectivity index (χ2n) is 38.2. The molecule has 0 N–H and O–H groups in total. The normalized spacial score (nSPS) is 13.6. The zero-order valence-corrected chi connectivity index (χ0v) is 74.5. The van der Waals surface area contributed by atoms with Crippen LogP contribution < -0.4 is 14.7 Å². The topological polar surface area (TPSA) is 9.72 Å². The molecule has 0 heterocycles. The summed E-state index contributed by atoms with van der Waals surface area (Å²) in [6.45, 7) is 48.4. The second kappa shape index (κ2) is 31.4. The molecular weight excluding hydrogens is 1450 g/mol. The van der Waals surface area contributed by atoms with Gasteiger partial charge in [0.05, 0.1) is 0 Å². The lowest BCUT2D eigenvalue weighted by Gasteiger charge is -2.40. The van der Waals surface area contributed by atoms with Gasteiger partial charge in [0.2, 0.25) is 0 Å². The smallest absolute Gasteiger partial charge is 0.0495 e. The third-order valence-corrected chi connectivity index (χ3v) is 26.0. The fourth-order valence-corrected chi connectivity index (χ4v) is 20.0. The number of fused-ring (bicyclic) bond motifs is 9. The molecule has 15 aromatic carbocycles. The van der Waals surface area contributed by atoms with Crippen LogP contribution in [0, 0.1) is 41.5 Å². The SMILES string of the molecule is Cc1cc2c(cc1-c1ccc(N(c3cccc(-c4ccccc4)c3C)C(C)(C)C)cc1)C(C)(C)c1ccccc1-2.Cc1cc2c(cc1-c1cccc(N(c3cccc(-c4ccccc4)c3C)C(C)(C)C)c1)C(C)(C)c1ccccc1-2.Cc1cc2c(cc1-c1ccccc1N(c1cccc(-c3ccccc3)c1C)C(C)(C)C)C(C)(C)c1ccccc1-2. The second-order valence-corrected chi connectivity index (χ2v) is 38.2. The summed E-state index contributed by atoms with van der Waals surface area (Å²) in [4.78, 5) is 7.52. The van der Waals surface area contributed by atoms with Crippen molar-refractivity contribution in [1.82, 2.24) is 0 Å². The molecule has 0 saturated heterocycles. The Hall–Kier alpha value is -12.3. The van der Waals surface area contributed by atoms with Crippen LogP contribution in [-0.4, -0.2) is 16.6 Å². The maximum Gasteiger partial charge on any atom is 0.0495 e. The zero-order chi connectivity index (χ0) is 84.7. The van der Waals surface area contributed by atoms with Gasteiger partial charge in [-0.25, -0.2) is 0 Å². The first-order valence-corrected chi connectivity index (χ1v) is 43.1. The molecular formula is C117H117N3. The Morgan fingerprint density at radius 1 is 0.183 bits per heavy atom. The minimum Gasteiger partial charge on any atom is -0.336 e. The van der Waals surface area contributed by atoms with Crippen molar-refractivity contribution in [3.63, 3.8) is 0 Å². The van der Waals surface area contributed by atoms with Crippen molar-refractivity contribution in [2.24, 2.45) is 0 Å². The van der Waals surface area contributed by atoms with Gasteiger partial charge >= 0.3 is 0 Å². The third kappa shape index (κ3) is 14.8. The van der Waals surface area contributed by atoms with Gasteiger partial charge in [-0.05, 0) is 332 Å². The number of benzene rings is 15. The van der Waals surface area contributed by atoms with Gasteiger partial charge in [-0.2, -0.15) is 0 Å². The van der Waals surface area contributed by atoms with Crippen LogP contribution in [0.1, 0.15) is 171 Å². The van der Waals surface area contributed by atoms with E-state index in [4.69, 9.17) is 0 Å². The van der Waals surface area contributed by atoms with Crippen molar-refractivity contribution in [2.45, 2.75) is 178 Å². The van der Waals surface area contributed by atoms with Crippen molar-refractivity contribution in [2.75, 3.05) is 14.7 Å². The monoisotopic (exact) mass is 1560 g/mol. The molecule has 3 heteroatoms. The number of nitrogens with zero attached hydrogens (tertiary/aromatic N) is 3. The van der Waals surface area contributed by atoms with Gasteiger partial charge in [-0.1, -0.05) is 302 Å². The van der Waals surface area contributed by atoms with E-state index < -0.39 is 0 Å². The molecule has 0 aliphatic heterocycles. The van der Waals surface area contributed by atoms with E-state index in [1.807, 2.05) is 0 Å².